The molecule has 2 N–H and O–H groups in total. The lowest BCUT2D eigenvalue weighted by Crippen LogP contribution is -1.97. The molecule has 1 aromatic carbocycles. The Morgan fingerprint density at radius 1 is 1.00 bits per heavy atom. The van der Waals surface area contributed by atoms with Gasteiger partial charge in [-0.25, -0.2) is 9.97 Å². The Balaban J connectivity index is 1.98. The molecule has 5 rings (SSSR count). The average molecular weight is 346 g/mol. The molecule has 0 bridgehead atoms. The minimum atomic E-state index is 0.504. The van der Waals surface area contributed by atoms with E-state index in [1.165, 1.54) is 11.3 Å². The largest absolute Gasteiger partial charge is 0.276 e. The molecule has 0 aliphatic carbocycles. The molecule has 0 fully saturated rings. The molecule has 0 saturated carbocycles. The molecule has 0 aliphatic heterocycles. The van der Waals surface area contributed by atoms with Gasteiger partial charge in [0.05, 0.1) is 22.5 Å². The first-order valence-electron chi connectivity index (χ1n) is 7.48. The zero-order valence-corrected chi connectivity index (χ0v) is 13.5. The maximum Gasteiger partial charge on any atom is 0.206 e. The first kappa shape index (κ1) is 13.9. The number of pyridine rings is 1. The van der Waals surface area contributed by atoms with E-state index in [1.807, 2.05) is 35.7 Å². The van der Waals surface area contributed by atoms with Crippen LogP contribution in [0.2, 0.25) is 0 Å². The van der Waals surface area contributed by atoms with Gasteiger partial charge in [-0.1, -0.05) is 18.2 Å². The van der Waals surface area contributed by atoms with Crippen LogP contribution >= 0.6 is 11.3 Å². The Hall–Kier alpha value is -3.46. The number of rotatable bonds is 3. The second-order valence-electron chi connectivity index (χ2n) is 5.27. The van der Waals surface area contributed by atoms with Crippen molar-refractivity contribution < 1.29 is 0 Å². The predicted molar refractivity (Wildman–Crippen MR) is 93.6 cm³/mol. The molecule has 0 aliphatic rings. The van der Waals surface area contributed by atoms with Gasteiger partial charge in [-0.15, -0.1) is 21.5 Å². The van der Waals surface area contributed by atoms with Crippen LogP contribution in [0.25, 0.3) is 44.2 Å². The minimum Gasteiger partial charge on any atom is -0.276 e. The normalized spacial score (nSPS) is 11.2. The molecule has 25 heavy (non-hydrogen) atoms. The number of benzene rings is 1. The van der Waals surface area contributed by atoms with E-state index in [0.29, 0.717) is 5.82 Å². The Labute approximate surface area is 145 Å². The molecule has 0 unspecified atom stereocenters. The standard InChI is InChI=1S/C16H10N8S/c1-2-4-10-9(3-1)12(15-21-23-24-22-15)13(16-17-7-8-25-16)14(19-10)11-5-6-18-20-11/h1-8H,(H,18,20)(H,21,22,23,24). The molecule has 0 atom stereocenters. The van der Waals surface area contributed by atoms with Crippen molar-refractivity contribution in [1.29, 1.82) is 0 Å². The first-order chi connectivity index (χ1) is 12.4. The van der Waals surface area contributed by atoms with Crippen molar-refractivity contribution >= 4 is 22.2 Å². The molecular weight excluding hydrogens is 336 g/mol. The van der Waals surface area contributed by atoms with Gasteiger partial charge in [0.25, 0.3) is 0 Å². The lowest BCUT2D eigenvalue weighted by Gasteiger charge is -2.12. The van der Waals surface area contributed by atoms with Gasteiger partial charge in [0, 0.05) is 28.7 Å². The number of para-hydroxylation sites is 1. The molecule has 9 heteroatoms. The highest BCUT2D eigenvalue weighted by molar-refractivity contribution is 7.13. The highest BCUT2D eigenvalue weighted by atomic mass is 32.1. The molecular formula is C16H10N8S. The average Bonchev–Trinajstić information content (AvgIpc) is 3.43. The number of aromatic amines is 2. The predicted octanol–water partition coefficient (Wildman–Crippen LogP) is 2.93. The summed E-state index contributed by atoms with van der Waals surface area (Å²) in [5, 5.41) is 25.4. The van der Waals surface area contributed by atoms with E-state index >= 15 is 0 Å². The van der Waals surface area contributed by atoms with E-state index < -0.39 is 0 Å². The van der Waals surface area contributed by atoms with Crippen LogP contribution in [0.1, 0.15) is 0 Å². The number of aromatic nitrogens is 8. The fourth-order valence-electron chi connectivity index (χ4n) is 2.85. The van der Waals surface area contributed by atoms with Crippen molar-refractivity contribution in [3.8, 4) is 33.3 Å². The third-order valence-electron chi connectivity index (χ3n) is 3.86. The number of nitrogens with zero attached hydrogens (tertiary/aromatic N) is 6. The van der Waals surface area contributed by atoms with Gasteiger partial charge in [-0.2, -0.15) is 10.3 Å². The van der Waals surface area contributed by atoms with Crippen LogP contribution in [-0.4, -0.2) is 40.8 Å². The third-order valence-corrected chi connectivity index (χ3v) is 4.65. The number of nitrogens with one attached hydrogen (secondary N) is 2. The number of fused-ring (bicyclic) bond motifs is 1. The van der Waals surface area contributed by atoms with Crippen LogP contribution in [0.15, 0.2) is 48.1 Å². The summed E-state index contributed by atoms with van der Waals surface area (Å²) in [6, 6.07) is 9.77. The van der Waals surface area contributed by atoms with Gasteiger partial charge < -0.3 is 0 Å². The fourth-order valence-corrected chi connectivity index (χ4v) is 3.54. The van der Waals surface area contributed by atoms with E-state index in [4.69, 9.17) is 4.98 Å². The zero-order valence-electron chi connectivity index (χ0n) is 12.7. The topological polar surface area (TPSA) is 109 Å². The van der Waals surface area contributed by atoms with E-state index in [0.717, 1.165) is 38.4 Å². The van der Waals surface area contributed by atoms with Crippen molar-refractivity contribution in [2.45, 2.75) is 0 Å². The van der Waals surface area contributed by atoms with Crippen molar-refractivity contribution in [3.63, 3.8) is 0 Å². The Morgan fingerprint density at radius 3 is 2.72 bits per heavy atom. The molecule has 120 valence electrons. The number of thiazole rings is 1. The molecule has 0 spiro atoms. The molecule has 0 saturated heterocycles. The SMILES string of the molecule is c1ccc2c(-c3nn[nH]n3)c(-c3nccs3)c(-c3ccn[nH]3)nc2c1. The van der Waals surface area contributed by atoms with Crippen LogP contribution < -0.4 is 0 Å². The maximum absolute atomic E-state index is 4.85. The second kappa shape index (κ2) is 5.56. The van der Waals surface area contributed by atoms with Crippen LogP contribution in [0.5, 0.6) is 0 Å². The fraction of sp³-hybridized carbons (Fsp3) is 0. The number of hydrogen-bond donors (Lipinski definition) is 2. The summed E-state index contributed by atoms with van der Waals surface area (Å²) >= 11 is 1.54. The van der Waals surface area contributed by atoms with Crippen LogP contribution in [-0.2, 0) is 0 Å². The number of H-pyrrole nitrogens is 2. The molecule has 4 aromatic heterocycles. The van der Waals surface area contributed by atoms with Crippen LogP contribution in [0.3, 0.4) is 0 Å². The summed E-state index contributed by atoms with van der Waals surface area (Å²) < 4.78 is 0. The van der Waals surface area contributed by atoms with Crippen molar-refractivity contribution in [2.75, 3.05) is 0 Å². The van der Waals surface area contributed by atoms with Gasteiger partial charge in [0.1, 0.15) is 5.01 Å². The Kier molecular flexibility index (Phi) is 3.10. The van der Waals surface area contributed by atoms with Crippen molar-refractivity contribution in [1.82, 2.24) is 40.8 Å². The molecule has 0 radical (unpaired) electrons. The quantitative estimate of drug-likeness (QED) is 0.520. The summed E-state index contributed by atoms with van der Waals surface area (Å²) in [5.41, 5.74) is 4.11. The lowest BCUT2D eigenvalue weighted by atomic mass is 9.98. The highest BCUT2D eigenvalue weighted by Gasteiger charge is 2.23. The molecule has 5 aromatic rings. The van der Waals surface area contributed by atoms with E-state index in [1.54, 1.807) is 12.4 Å². The smallest absolute Gasteiger partial charge is 0.206 e. The van der Waals surface area contributed by atoms with Gasteiger partial charge in [0.15, 0.2) is 0 Å². The van der Waals surface area contributed by atoms with Crippen molar-refractivity contribution in [2.24, 2.45) is 0 Å². The molecule has 0 amide bonds. The van der Waals surface area contributed by atoms with E-state index in [-0.39, 0.29) is 0 Å². The Morgan fingerprint density at radius 2 is 1.96 bits per heavy atom. The minimum absolute atomic E-state index is 0.504. The van der Waals surface area contributed by atoms with Crippen LogP contribution in [0.4, 0.5) is 0 Å². The van der Waals surface area contributed by atoms with Crippen LogP contribution in [0, 0.1) is 0 Å². The van der Waals surface area contributed by atoms with Gasteiger partial charge >= 0.3 is 0 Å². The summed E-state index contributed by atoms with van der Waals surface area (Å²) in [5.74, 6) is 0.504. The number of hydrogen-bond acceptors (Lipinski definition) is 7. The first-order valence-corrected chi connectivity index (χ1v) is 8.36. The molecule has 8 nitrogen and oxygen atoms in total. The maximum atomic E-state index is 4.85. The van der Waals surface area contributed by atoms with Gasteiger partial charge in [-0.3, -0.25) is 5.10 Å². The number of tetrazole rings is 1. The monoisotopic (exact) mass is 346 g/mol. The zero-order chi connectivity index (χ0) is 16.6. The molecule has 4 heterocycles. The van der Waals surface area contributed by atoms with E-state index in [2.05, 4.69) is 35.8 Å². The van der Waals surface area contributed by atoms with Crippen molar-refractivity contribution in [3.05, 3.63) is 48.1 Å². The summed E-state index contributed by atoms with van der Waals surface area (Å²) in [4.78, 5) is 9.35. The highest BCUT2D eigenvalue weighted by Crippen LogP contribution is 2.41. The van der Waals surface area contributed by atoms with Gasteiger partial charge in [0.2, 0.25) is 5.82 Å². The second-order valence-corrected chi connectivity index (χ2v) is 6.17. The summed E-state index contributed by atoms with van der Waals surface area (Å²) in [6.45, 7) is 0. The van der Waals surface area contributed by atoms with Gasteiger partial charge in [-0.05, 0) is 17.3 Å². The Bertz CT molecular complexity index is 1130. The summed E-state index contributed by atoms with van der Waals surface area (Å²) in [7, 11) is 0. The lowest BCUT2D eigenvalue weighted by molar-refractivity contribution is 0.881. The van der Waals surface area contributed by atoms with E-state index in [9.17, 15) is 0 Å². The third kappa shape index (κ3) is 2.21. The summed E-state index contributed by atoms with van der Waals surface area (Å²) in [6.07, 6.45) is 3.47.